The Morgan fingerprint density at radius 1 is 1.12 bits per heavy atom. The Morgan fingerprint density at radius 2 is 1.88 bits per heavy atom. The smallest absolute Gasteiger partial charge is 0.408 e. The van der Waals surface area contributed by atoms with Crippen LogP contribution in [0, 0.1) is 0 Å². The lowest BCUT2D eigenvalue weighted by Gasteiger charge is -2.16. The van der Waals surface area contributed by atoms with E-state index < -0.39 is 15.8 Å². The van der Waals surface area contributed by atoms with Crippen molar-refractivity contribution in [2.45, 2.75) is 23.2 Å². The topological polar surface area (TPSA) is 92.2 Å². The zero-order valence-electron chi connectivity index (χ0n) is 12.8. The Hall–Kier alpha value is -2.38. The highest BCUT2D eigenvalue weighted by atomic mass is 32.2. The summed E-state index contributed by atoms with van der Waals surface area (Å²) >= 11 is 0. The average molecular weight is 344 g/mol. The summed E-state index contributed by atoms with van der Waals surface area (Å²) in [6, 6.07) is 14.3. The van der Waals surface area contributed by atoms with Gasteiger partial charge >= 0.3 is 5.76 Å². The minimum Gasteiger partial charge on any atom is -0.408 e. The standard InChI is InChI=1S/C17H16N2O4S/c20-16-19-14-7-6-13(10-15(14)23-16)24(21,22)18-11-17(8-9-17)12-4-2-1-3-5-12/h1-7,10,18H,8-9,11H2,(H,19,20). The van der Waals surface area contributed by atoms with Gasteiger partial charge in [0.1, 0.15) is 0 Å². The highest BCUT2D eigenvalue weighted by Gasteiger charge is 2.44. The summed E-state index contributed by atoms with van der Waals surface area (Å²) in [7, 11) is -3.67. The molecule has 1 aliphatic rings. The summed E-state index contributed by atoms with van der Waals surface area (Å²) in [4.78, 5) is 13.8. The van der Waals surface area contributed by atoms with Crippen molar-refractivity contribution < 1.29 is 12.8 Å². The zero-order valence-corrected chi connectivity index (χ0v) is 13.6. The van der Waals surface area contributed by atoms with E-state index >= 15 is 0 Å². The van der Waals surface area contributed by atoms with Gasteiger partial charge in [-0.15, -0.1) is 0 Å². The number of nitrogens with one attached hydrogen (secondary N) is 2. The summed E-state index contributed by atoms with van der Waals surface area (Å²) in [5.74, 6) is -0.603. The van der Waals surface area contributed by atoms with Gasteiger partial charge in [-0.3, -0.25) is 4.98 Å². The predicted octanol–water partition coefficient (Wildman–Crippen LogP) is 2.13. The molecular formula is C17H16N2O4S. The van der Waals surface area contributed by atoms with Gasteiger partial charge in [-0.05, 0) is 30.5 Å². The fourth-order valence-corrected chi connectivity index (χ4v) is 4.06. The molecular weight excluding hydrogens is 328 g/mol. The van der Waals surface area contributed by atoms with Crippen LogP contribution in [0.1, 0.15) is 18.4 Å². The maximum absolute atomic E-state index is 12.5. The van der Waals surface area contributed by atoms with Crippen molar-refractivity contribution in [1.82, 2.24) is 9.71 Å². The number of hydrogen-bond donors (Lipinski definition) is 2. The molecule has 0 saturated heterocycles. The molecule has 1 heterocycles. The van der Waals surface area contributed by atoms with Crippen molar-refractivity contribution in [2.24, 2.45) is 0 Å². The first kappa shape index (κ1) is 15.2. The molecule has 0 bridgehead atoms. The number of H-pyrrole nitrogens is 1. The molecule has 1 fully saturated rings. The van der Waals surface area contributed by atoms with Gasteiger partial charge in [0.05, 0.1) is 10.4 Å². The van der Waals surface area contributed by atoms with Crippen LogP contribution in [0.4, 0.5) is 0 Å². The Kier molecular flexibility index (Phi) is 3.36. The van der Waals surface area contributed by atoms with Crippen LogP contribution < -0.4 is 10.5 Å². The number of hydrogen-bond acceptors (Lipinski definition) is 4. The minimum absolute atomic E-state index is 0.0848. The molecule has 0 aliphatic heterocycles. The van der Waals surface area contributed by atoms with E-state index in [0.717, 1.165) is 18.4 Å². The summed E-state index contributed by atoms with van der Waals surface area (Å²) in [5.41, 5.74) is 1.74. The molecule has 2 aromatic carbocycles. The molecule has 7 heteroatoms. The highest BCUT2D eigenvalue weighted by Crippen LogP contribution is 2.47. The second-order valence-electron chi connectivity index (χ2n) is 6.14. The van der Waals surface area contributed by atoms with Gasteiger partial charge in [0, 0.05) is 18.0 Å². The first-order valence-electron chi connectivity index (χ1n) is 7.67. The Balaban J connectivity index is 1.58. The molecule has 1 aliphatic carbocycles. The molecule has 24 heavy (non-hydrogen) atoms. The number of rotatable bonds is 5. The molecule has 0 unspecified atom stereocenters. The van der Waals surface area contributed by atoms with Crippen molar-refractivity contribution in [2.75, 3.05) is 6.54 Å². The van der Waals surface area contributed by atoms with Crippen molar-refractivity contribution >= 4 is 21.1 Å². The third-order valence-corrected chi connectivity index (χ3v) is 5.94. The number of benzene rings is 2. The van der Waals surface area contributed by atoms with Crippen LogP contribution in [-0.2, 0) is 15.4 Å². The SMILES string of the molecule is O=c1[nH]c2ccc(S(=O)(=O)NCC3(c4ccccc4)CC3)cc2o1. The van der Waals surface area contributed by atoms with Crippen molar-refractivity contribution in [3.05, 3.63) is 64.6 Å². The third kappa shape index (κ3) is 2.65. The van der Waals surface area contributed by atoms with Crippen LogP contribution in [0.3, 0.4) is 0 Å². The van der Waals surface area contributed by atoms with Crippen molar-refractivity contribution in [3.63, 3.8) is 0 Å². The summed E-state index contributed by atoms with van der Waals surface area (Å²) in [6.45, 7) is 0.356. The Labute approximate surface area is 138 Å². The molecule has 0 spiro atoms. The van der Waals surface area contributed by atoms with Gasteiger partial charge < -0.3 is 4.42 Å². The van der Waals surface area contributed by atoms with Crippen LogP contribution in [-0.4, -0.2) is 19.9 Å². The van der Waals surface area contributed by atoms with Gasteiger partial charge in [-0.2, -0.15) is 0 Å². The van der Waals surface area contributed by atoms with E-state index in [1.165, 1.54) is 18.2 Å². The zero-order chi connectivity index (χ0) is 16.8. The molecule has 0 amide bonds. The van der Waals surface area contributed by atoms with Crippen LogP contribution in [0.25, 0.3) is 11.1 Å². The molecule has 124 valence electrons. The molecule has 3 aromatic rings. The lowest BCUT2D eigenvalue weighted by Crippen LogP contribution is -2.32. The van der Waals surface area contributed by atoms with E-state index in [1.54, 1.807) is 0 Å². The fraction of sp³-hybridized carbons (Fsp3) is 0.235. The number of aromatic amines is 1. The largest absolute Gasteiger partial charge is 0.417 e. The van der Waals surface area contributed by atoms with Crippen LogP contribution >= 0.6 is 0 Å². The third-order valence-electron chi connectivity index (χ3n) is 4.54. The van der Waals surface area contributed by atoms with Gasteiger partial charge in [-0.25, -0.2) is 17.9 Å². The van der Waals surface area contributed by atoms with Crippen LogP contribution in [0.5, 0.6) is 0 Å². The monoisotopic (exact) mass is 344 g/mol. The lowest BCUT2D eigenvalue weighted by molar-refractivity contribution is 0.552. The molecule has 1 saturated carbocycles. The first-order valence-corrected chi connectivity index (χ1v) is 9.15. The fourth-order valence-electron chi connectivity index (χ4n) is 2.92. The van der Waals surface area contributed by atoms with E-state index in [9.17, 15) is 13.2 Å². The van der Waals surface area contributed by atoms with E-state index in [2.05, 4.69) is 9.71 Å². The summed E-state index contributed by atoms with van der Waals surface area (Å²) in [6.07, 6.45) is 1.93. The number of fused-ring (bicyclic) bond motifs is 1. The van der Waals surface area contributed by atoms with Gasteiger partial charge in [0.2, 0.25) is 10.0 Å². The number of oxazole rings is 1. The van der Waals surface area contributed by atoms with Gasteiger partial charge in [0.15, 0.2) is 5.58 Å². The second kappa shape index (κ2) is 5.32. The maximum Gasteiger partial charge on any atom is 0.417 e. The quantitative estimate of drug-likeness (QED) is 0.742. The summed E-state index contributed by atoms with van der Waals surface area (Å²) in [5, 5.41) is 0. The molecule has 2 N–H and O–H groups in total. The molecule has 4 rings (SSSR count). The Bertz CT molecular complexity index is 1050. The lowest BCUT2D eigenvalue weighted by atomic mass is 9.96. The van der Waals surface area contributed by atoms with Crippen LogP contribution in [0.15, 0.2) is 62.6 Å². The van der Waals surface area contributed by atoms with Crippen LogP contribution in [0.2, 0.25) is 0 Å². The minimum atomic E-state index is -3.67. The number of aromatic nitrogens is 1. The van der Waals surface area contributed by atoms with Gasteiger partial charge in [0.25, 0.3) is 0 Å². The van der Waals surface area contributed by atoms with E-state index in [1.807, 2.05) is 30.3 Å². The van der Waals surface area contributed by atoms with Crippen molar-refractivity contribution in [1.29, 1.82) is 0 Å². The van der Waals surface area contributed by atoms with E-state index in [0.29, 0.717) is 12.1 Å². The van der Waals surface area contributed by atoms with E-state index in [-0.39, 0.29) is 15.9 Å². The molecule has 6 nitrogen and oxygen atoms in total. The first-order chi connectivity index (χ1) is 11.5. The maximum atomic E-state index is 12.5. The highest BCUT2D eigenvalue weighted by molar-refractivity contribution is 7.89. The molecule has 1 aromatic heterocycles. The van der Waals surface area contributed by atoms with Gasteiger partial charge in [-0.1, -0.05) is 30.3 Å². The van der Waals surface area contributed by atoms with Crippen molar-refractivity contribution in [3.8, 4) is 0 Å². The average Bonchev–Trinajstić information content (AvgIpc) is 3.28. The molecule has 0 radical (unpaired) electrons. The normalized spacial score (nSPS) is 16.3. The molecule has 0 atom stereocenters. The second-order valence-corrected chi connectivity index (χ2v) is 7.91. The predicted molar refractivity (Wildman–Crippen MR) is 89.4 cm³/mol. The summed E-state index contributed by atoms with van der Waals surface area (Å²) < 4.78 is 32.7. The number of sulfonamides is 1. The van der Waals surface area contributed by atoms with E-state index in [4.69, 9.17) is 4.42 Å². The Morgan fingerprint density at radius 3 is 2.58 bits per heavy atom.